The van der Waals surface area contributed by atoms with E-state index in [1.165, 1.54) is 12.1 Å². The Labute approximate surface area is 156 Å². The van der Waals surface area contributed by atoms with Crippen molar-refractivity contribution >= 4 is 12.1 Å². The molecule has 0 aliphatic heterocycles. The van der Waals surface area contributed by atoms with Crippen LogP contribution in [0.15, 0.2) is 47.6 Å². The molecule has 0 atom stereocenters. The molecule has 0 unspecified atom stereocenters. The third-order valence-electron chi connectivity index (χ3n) is 3.77. The van der Waals surface area contributed by atoms with Gasteiger partial charge >= 0.3 is 6.18 Å². The summed E-state index contributed by atoms with van der Waals surface area (Å²) >= 11 is 0. The van der Waals surface area contributed by atoms with E-state index in [4.69, 9.17) is 4.74 Å². The van der Waals surface area contributed by atoms with Crippen molar-refractivity contribution in [2.45, 2.75) is 32.9 Å². The minimum Gasteiger partial charge on any atom is -0.483 e. The van der Waals surface area contributed by atoms with Crippen molar-refractivity contribution in [3.8, 4) is 5.75 Å². The first-order valence-electron chi connectivity index (χ1n) is 8.39. The zero-order chi connectivity index (χ0) is 20.0. The molecule has 7 heteroatoms. The number of amides is 1. The van der Waals surface area contributed by atoms with Crippen molar-refractivity contribution in [3.63, 3.8) is 0 Å². The Morgan fingerprint density at radius 1 is 1.22 bits per heavy atom. The molecular formula is C20H21F3N2O2. The first kappa shape index (κ1) is 20.5. The van der Waals surface area contributed by atoms with Crippen LogP contribution in [0.25, 0.3) is 0 Å². The Kier molecular flexibility index (Phi) is 6.60. The molecule has 0 saturated heterocycles. The Balaban J connectivity index is 1.94. The van der Waals surface area contributed by atoms with Gasteiger partial charge in [0.1, 0.15) is 5.75 Å². The fourth-order valence-corrected chi connectivity index (χ4v) is 2.39. The molecule has 2 aromatic rings. The minimum absolute atomic E-state index is 0.229. The number of aryl methyl sites for hydroxylation is 1. The molecule has 1 N–H and O–H groups in total. The maximum Gasteiger partial charge on any atom is 0.416 e. The number of benzene rings is 2. The van der Waals surface area contributed by atoms with Gasteiger partial charge in [-0.2, -0.15) is 18.3 Å². The summed E-state index contributed by atoms with van der Waals surface area (Å²) < 4.78 is 43.6. The molecule has 2 rings (SSSR count). The second-order valence-electron chi connectivity index (χ2n) is 6.40. The van der Waals surface area contributed by atoms with Gasteiger partial charge in [-0.15, -0.1) is 0 Å². The molecule has 0 aliphatic rings. The van der Waals surface area contributed by atoms with Crippen LogP contribution in [0.1, 0.15) is 42.0 Å². The maximum absolute atomic E-state index is 12.7. The number of hydrogen-bond acceptors (Lipinski definition) is 3. The topological polar surface area (TPSA) is 50.7 Å². The standard InChI is InChI=1S/C20H21F3N2O2/c1-13(2)17-8-7-14(3)9-18(17)27-12-19(26)25-24-11-15-5-4-6-16(10-15)20(21,22)23/h4-11,13H,12H2,1-3H3,(H,25,26)/b24-11+. The van der Waals surface area contributed by atoms with Crippen molar-refractivity contribution in [1.82, 2.24) is 5.43 Å². The number of alkyl halides is 3. The van der Waals surface area contributed by atoms with E-state index in [9.17, 15) is 18.0 Å². The molecule has 2 aromatic carbocycles. The lowest BCUT2D eigenvalue weighted by Gasteiger charge is -2.14. The van der Waals surface area contributed by atoms with Gasteiger partial charge in [0.15, 0.2) is 6.61 Å². The lowest BCUT2D eigenvalue weighted by molar-refractivity contribution is -0.137. The van der Waals surface area contributed by atoms with Crippen molar-refractivity contribution in [2.24, 2.45) is 5.10 Å². The predicted octanol–water partition coefficient (Wildman–Crippen LogP) is 4.67. The number of carbonyl (C=O) groups is 1. The molecule has 0 aliphatic carbocycles. The van der Waals surface area contributed by atoms with E-state index in [-0.39, 0.29) is 18.1 Å². The van der Waals surface area contributed by atoms with E-state index in [2.05, 4.69) is 10.5 Å². The summed E-state index contributed by atoms with van der Waals surface area (Å²) in [6.45, 7) is 5.73. The maximum atomic E-state index is 12.7. The monoisotopic (exact) mass is 378 g/mol. The lowest BCUT2D eigenvalue weighted by atomic mass is 10.0. The number of halogens is 3. The highest BCUT2D eigenvalue weighted by atomic mass is 19.4. The highest BCUT2D eigenvalue weighted by Crippen LogP contribution is 2.29. The van der Waals surface area contributed by atoms with Crippen LogP contribution in [0.5, 0.6) is 5.75 Å². The normalized spacial score (nSPS) is 11.8. The molecule has 0 radical (unpaired) electrons. The highest BCUT2D eigenvalue weighted by Gasteiger charge is 2.30. The van der Waals surface area contributed by atoms with Gasteiger partial charge in [0, 0.05) is 0 Å². The first-order valence-corrected chi connectivity index (χ1v) is 8.39. The molecule has 4 nitrogen and oxygen atoms in total. The highest BCUT2D eigenvalue weighted by molar-refractivity contribution is 5.83. The molecule has 0 fully saturated rings. The largest absolute Gasteiger partial charge is 0.483 e. The Hall–Kier alpha value is -2.83. The SMILES string of the molecule is Cc1ccc(C(C)C)c(OCC(=O)N/N=C/c2cccc(C(F)(F)F)c2)c1. The molecule has 27 heavy (non-hydrogen) atoms. The average molecular weight is 378 g/mol. The van der Waals surface area contributed by atoms with E-state index in [1.807, 2.05) is 39.0 Å². The lowest BCUT2D eigenvalue weighted by Crippen LogP contribution is -2.25. The molecule has 0 aromatic heterocycles. The van der Waals surface area contributed by atoms with Crippen LogP contribution in [0.2, 0.25) is 0 Å². The van der Waals surface area contributed by atoms with Crippen LogP contribution in [0.3, 0.4) is 0 Å². The van der Waals surface area contributed by atoms with Crippen LogP contribution in [0, 0.1) is 6.92 Å². The zero-order valence-corrected chi connectivity index (χ0v) is 15.3. The van der Waals surface area contributed by atoms with Crippen LogP contribution >= 0.6 is 0 Å². The van der Waals surface area contributed by atoms with Crippen LogP contribution in [0.4, 0.5) is 13.2 Å². The van der Waals surface area contributed by atoms with Gasteiger partial charge in [0.2, 0.25) is 0 Å². The average Bonchev–Trinajstić information content (AvgIpc) is 2.59. The van der Waals surface area contributed by atoms with Crippen LogP contribution in [-0.4, -0.2) is 18.7 Å². The van der Waals surface area contributed by atoms with Gasteiger partial charge in [-0.1, -0.05) is 38.1 Å². The second-order valence-corrected chi connectivity index (χ2v) is 6.40. The predicted molar refractivity (Wildman–Crippen MR) is 97.9 cm³/mol. The smallest absolute Gasteiger partial charge is 0.416 e. The number of hydrogen-bond donors (Lipinski definition) is 1. The summed E-state index contributed by atoms with van der Waals surface area (Å²) in [5.74, 6) is 0.360. The fourth-order valence-electron chi connectivity index (χ4n) is 2.39. The van der Waals surface area contributed by atoms with Gasteiger partial charge < -0.3 is 4.74 Å². The molecule has 0 bridgehead atoms. The van der Waals surface area contributed by atoms with E-state index >= 15 is 0 Å². The van der Waals surface area contributed by atoms with Crippen molar-refractivity contribution in [2.75, 3.05) is 6.61 Å². The number of hydrazone groups is 1. The van der Waals surface area contributed by atoms with E-state index in [0.29, 0.717) is 5.75 Å². The van der Waals surface area contributed by atoms with Crippen molar-refractivity contribution in [3.05, 3.63) is 64.7 Å². The first-order chi connectivity index (χ1) is 12.7. The number of carbonyl (C=O) groups excluding carboxylic acids is 1. The number of ether oxygens (including phenoxy) is 1. The van der Waals surface area contributed by atoms with Crippen molar-refractivity contribution < 1.29 is 22.7 Å². The third kappa shape index (κ3) is 6.13. The second kappa shape index (κ2) is 8.70. The molecule has 144 valence electrons. The van der Waals surface area contributed by atoms with Crippen molar-refractivity contribution in [1.29, 1.82) is 0 Å². The number of nitrogens with zero attached hydrogens (tertiary/aromatic N) is 1. The van der Waals surface area contributed by atoms with Gasteiger partial charge in [0.25, 0.3) is 5.91 Å². The zero-order valence-electron chi connectivity index (χ0n) is 15.3. The number of nitrogens with one attached hydrogen (secondary N) is 1. The fraction of sp³-hybridized carbons (Fsp3) is 0.300. The molecule has 1 amide bonds. The van der Waals surface area contributed by atoms with Gasteiger partial charge in [-0.25, -0.2) is 5.43 Å². The van der Waals surface area contributed by atoms with Crippen LogP contribution < -0.4 is 10.2 Å². The molecule has 0 heterocycles. The third-order valence-corrected chi connectivity index (χ3v) is 3.77. The van der Waals surface area contributed by atoms with E-state index in [1.54, 1.807) is 0 Å². The van der Waals surface area contributed by atoms with E-state index in [0.717, 1.165) is 29.5 Å². The Morgan fingerprint density at radius 3 is 2.63 bits per heavy atom. The minimum atomic E-state index is -4.43. The summed E-state index contributed by atoms with van der Waals surface area (Å²) in [7, 11) is 0. The van der Waals surface area contributed by atoms with Crippen LogP contribution in [-0.2, 0) is 11.0 Å². The molecule has 0 saturated carbocycles. The van der Waals surface area contributed by atoms with Gasteiger partial charge in [0.05, 0.1) is 11.8 Å². The summed E-state index contributed by atoms with van der Waals surface area (Å²) in [6.07, 6.45) is -3.28. The Morgan fingerprint density at radius 2 is 1.96 bits per heavy atom. The quantitative estimate of drug-likeness (QED) is 0.587. The summed E-state index contributed by atoms with van der Waals surface area (Å²) in [4.78, 5) is 11.9. The van der Waals surface area contributed by atoms with Gasteiger partial charge in [-0.3, -0.25) is 4.79 Å². The summed E-state index contributed by atoms with van der Waals surface area (Å²) in [6, 6.07) is 10.4. The van der Waals surface area contributed by atoms with E-state index < -0.39 is 17.6 Å². The Bertz CT molecular complexity index is 830. The van der Waals surface area contributed by atoms with Gasteiger partial charge in [-0.05, 0) is 47.7 Å². The summed E-state index contributed by atoms with van der Waals surface area (Å²) in [5.41, 5.74) is 3.70. The summed E-state index contributed by atoms with van der Waals surface area (Å²) in [5, 5.41) is 3.68. The molecular weight excluding hydrogens is 357 g/mol. The number of rotatable bonds is 6. The molecule has 0 spiro atoms.